The number of hydrogen-bond acceptors (Lipinski definition) is 2. The van der Waals surface area contributed by atoms with Gasteiger partial charge in [0.25, 0.3) is 0 Å². The second kappa shape index (κ2) is 5.29. The summed E-state index contributed by atoms with van der Waals surface area (Å²) in [7, 11) is 0. The maximum Gasteiger partial charge on any atom is 0.321 e. The molecule has 3 N–H and O–H groups in total. The fraction of sp³-hybridized carbons (Fsp3) is 0.500. The van der Waals surface area contributed by atoms with E-state index in [2.05, 4.69) is 12.2 Å². The summed E-state index contributed by atoms with van der Waals surface area (Å²) in [5, 5.41) is 2.90. The minimum Gasteiger partial charge on any atom is -0.398 e. The van der Waals surface area contributed by atoms with Crippen molar-refractivity contribution in [3.8, 4) is 0 Å². The highest BCUT2D eigenvalue weighted by Crippen LogP contribution is 2.19. The molecule has 98 valence electrons. The van der Waals surface area contributed by atoms with Gasteiger partial charge in [0.1, 0.15) is 0 Å². The number of nitrogen functional groups attached to an aromatic ring is 1. The molecule has 1 aliphatic heterocycles. The average molecular weight is 247 g/mol. The van der Waals surface area contributed by atoms with Crippen molar-refractivity contribution in [2.75, 3.05) is 24.1 Å². The largest absolute Gasteiger partial charge is 0.398 e. The number of amides is 2. The Morgan fingerprint density at radius 2 is 2.06 bits per heavy atom. The van der Waals surface area contributed by atoms with Crippen LogP contribution < -0.4 is 11.1 Å². The smallest absolute Gasteiger partial charge is 0.321 e. The van der Waals surface area contributed by atoms with Crippen LogP contribution >= 0.6 is 0 Å². The van der Waals surface area contributed by atoms with Crippen molar-refractivity contribution in [3.63, 3.8) is 0 Å². The third-order valence-electron chi connectivity index (χ3n) is 3.60. The molecule has 1 saturated heterocycles. The second-order valence-corrected chi connectivity index (χ2v) is 5.17. The van der Waals surface area contributed by atoms with Gasteiger partial charge in [0.05, 0.1) is 0 Å². The maximum absolute atomic E-state index is 12.0. The Hall–Kier alpha value is -1.71. The molecule has 1 aromatic rings. The van der Waals surface area contributed by atoms with Gasteiger partial charge in [-0.3, -0.25) is 0 Å². The molecule has 0 radical (unpaired) electrons. The van der Waals surface area contributed by atoms with Gasteiger partial charge in [0.15, 0.2) is 0 Å². The molecule has 2 amide bonds. The molecule has 0 atom stereocenters. The number of nitrogens with two attached hydrogens (primary N) is 1. The van der Waals surface area contributed by atoms with Crippen molar-refractivity contribution in [1.29, 1.82) is 0 Å². The first kappa shape index (κ1) is 12.7. The monoisotopic (exact) mass is 247 g/mol. The molecule has 1 aliphatic rings. The zero-order valence-corrected chi connectivity index (χ0v) is 11.1. The summed E-state index contributed by atoms with van der Waals surface area (Å²) in [4.78, 5) is 13.9. The Bertz CT molecular complexity index is 437. The lowest BCUT2D eigenvalue weighted by molar-refractivity contribution is 0.186. The fourth-order valence-corrected chi connectivity index (χ4v) is 2.13. The standard InChI is InChI=1S/C14H21N3O/c1-10-5-7-17(8-6-10)14(18)16-12-4-3-11(2)13(15)9-12/h3-4,9-10H,5-8,15H2,1-2H3,(H,16,18). The lowest BCUT2D eigenvalue weighted by Crippen LogP contribution is -2.40. The van der Waals surface area contributed by atoms with Crippen LogP contribution in [0, 0.1) is 12.8 Å². The first-order valence-electron chi connectivity index (χ1n) is 6.48. The van der Waals surface area contributed by atoms with E-state index in [1.165, 1.54) is 0 Å². The highest BCUT2D eigenvalue weighted by atomic mass is 16.2. The van der Waals surface area contributed by atoms with Crippen molar-refractivity contribution < 1.29 is 4.79 Å². The first-order valence-corrected chi connectivity index (χ1v) is 6.48. The fourth-order valence-electron chi connectivity index (χ4n) is 2.13. The van der Waals surface area contributed by atoms with Crippen molar-refractivity contribution >= 4 is 17.4 Å². The van der Waals surface area contributed by atoms with Crippen LogP contribution in [0.4, 0.5) is 16.2 Å². The third kappa shape index (κ3) is 2.94. The molecular formula is C14H21N3O. The third-order valence-corrected chi connectivity index (χ3v) is 3.60. The number of benzene rings is 1. The number of anilines is 2. The SMILES string of the molecule is Cc1ccc(NC(=O)N2CCC(C)CC2)cc1N. The van der Waals surface area contributed by atoms with E-state index in [0.29, 0.717) is 5.69 Å². The van der Waals surface area contributed by atoms with E-state index in [1.54, 1.807) is 6.07 Å². The summed E-state index contributed by atoms with van der Waals surface area (Å²) in [6, 6.07) is 5.59. The number of carbonyl (C=O) groups is 1. The lowest BCUT2D eigenvalue weighted by atomic mass is 10.00. The van der Waals surface area contributed by atoms with Crippen molar-refractivity contribution in [2.45, 2.75) is 26.7 Å². The molecule has 18 heavy (non-hydrogen) atoms. The summed E-state index contributed by atoms with van der Waals surface area (Å²) in [5.74, 6) is 0.726. The number of nitrogens with zero attached hydrogens (tertiary/aromatic N) is 1. The predicted octanol–water partition coefficient (Wildman–Crippen LogP) is 2.84. The predicted molar refractivity (Wildman–Crippen MR) is 74.6 cm³/mol. The van der Waals surface area contributed by atoms with Gasteiger partial charge in [-0.15, -0.1) is 0 Å². The molecule has 0 aliphatic carbocycles. The number of rotatable bonds is 1. The minimum absolute atomic E-state index is 0.0230. The average Bonchev–Trinajstić information content (AvgIpc) is 2.34. The van der Waals surface area contributed by atoms with Gasteiger partial charge in [-0.05, 0) is 43.4 Å². The Labute approximate surface area is 108 Å². The second-order valence-electron chi connectivity index (χ2n) is 5.17. The van der Waals surface area contributed by atoms with Gasteiger partial charge in [-0.2, -0.15) is 0 Å². The minimum atomic E-state index is -0.0230. The van der Waals surface area contributed by atoms with Crippen LogP contribution in [0.15, 0.2) is 18.2 Å². The van der Waals surface area contributed by atoms with Crippen molar-refractivity contribution in [2.24, 2.45) is 5.92 Å². The van der Waals surface area contributed by atoms with Gasteiger partial charge in [0.2, 0.25) is 0 Å². The molecule has 0 saturated carbocycles. The lowest BCUT2D eigenvalue weighted by Gasteiger charge is -2.30. The zero-order valence-electron chi connectivity index (χ0n) is 11.1. The van der Waals surface area contributed by atoms with Gasteiger partial charge in [0, 0.05) is 24.5 Å². The molecule has 1 heterocycles. The molecule has 0 aromatic heterocycles. The number of piperidine rings is 1. The van der Waals surface area contributed by atoms with Gasteiger partial charge < -0.3 is 16.0 Å². The van der Waals surface area contributed by atoms with Crippen LogP contribution in [-0.4, -0.2) is 24.0 Å². The van der Waals surface area contributed by atoms with Gasteiger partial charge in [-0.1, -0.05) is 13.0 Å². The number of likely N-dealkylation sites (tertiary alicyclic amines) is 1. The number of aryl methyl sites for hydroxylation is 1. The molecule has 4 heteroatoms. The topological polar surface area (TPSA) is 58.4 Å². The summed E-state index contributed by atoms with van der Waals surface area (Å²) in [5.41, 5.74) is 8.33. The van der Waals surface area contributed by atoms with Crippen molar-refractivity contribution in [1.82, 2.24) is 4.90 Å². The molecule has 0 unspecified atom stereocenters. The molecular weight excluding hydrogens is 226 g/mol. The van der Waals surface area contributed by atoms with Crippen molar-refractivity contribution in [3.05, 3.63) is 23.8 Å². The van der Waals surface area contributed by atoms with E-state index in [0.717, 1.165) is 43.1 Å². The van der Waals surface area contributed by atoms with Crippen LogP contribution in [0.3, 0.4) is 0 Å². The molecule has 1 fully saturated rings. The highest BCUT2D eigenvalue weighted by molar-refractivity contribution is 5.90. The Balaban J connectivity index is 1.96. The number of urea groups is 1. The van der Waals surface area contributed by atoms with Gasteiger partial charge >= 0.3 is 6.03 Å². The quantitative estimate of drug-likeness (QED) is 0.750. The van der Waals surface area contributed by atoms with Crippen LogP contribution in [-0.2, 0) is 0 Å². The van der Waals surface area contributed by atoms with Crippen LogP contribution in [0.25, 0.3) is 0 Å². The Kier molecular flexibility index (Phi) is 3.75. The van der Waals surface area contributed by atoms with E-state index in [-0.39, 0.29) is 6.03 Å². The van der Waals surface area contributed by atoms with Crippen LogP contribution in [0.5, 0.6) is 0 Å². The van der Waals surface area contributed by atoms with E-state index in [4.69, 9.17) is 5.73 Å². The Morgan fingerprint density at radius 1 is 1.39 bits per heavy atom. The van der Waals surface area contributed by atoms with Crippen LogP contribution in [0.2, 0.25) is 0 Å². The van der Waals surface area contributed by atoms with E-state index in [9.17, 15) is 4.79 Å². The van der Waals surface area contributed by atoms with E-state index < -0.39 is 0 Å². The zero-order chi connectivity index (χ0) is 13.1. The summed E-state index contributed by atoms with van der Waals surface area (Å²) in [6.07, 6.45) is 2.17. The molecule has 0 bridgehead atoms. The van der Waals surface area contributed by atoms with Gasteiger partial charge in [-0.25, -0.2) is 4.79 Å². The van der Waals surface area contributed by atoms with Crippen LogP contribution in [0.1, 0.15) is 25.3 Å². The molecule has 0 spiro atoms. The first-order chi connectivity index (χ1) is 8.56. The summed E-state index contributed by atoms with van der Waals surface area (Å²) < 4.78 is 0. The summed E-state index contributed by atoms with van der Waals surface area (Å²) in [6.45, 7) is 5.87. The Morgan fingerprint density at radius 3 is 2.67 bits per heavy atom. The molecule has 1 aromatic carbocycles. The normalized spacial score (nSPS) is 16.7. The highest BCUT2D eigenvalue weighted by Gasteiger charge is 2.20. The number of carbonyl (C=O) groups excluding carboxylic acids is 1. The number of hydrogen-bond donors (Lipinski definition) is 2. The molecule has 4 nitrogen and oxygen atoms in total. The maximum atomic E-state index is 12.0. The van der Waals surface area contributed by atoms with E-state index >= 15 is 0 Å². The number of nitrogens with one attached hydrogen (secondary N) is 1. The van der Waals surface area contributed by atoms with E-state index in [1.807, 2.05) is 24.0 Å². The molecule has 2 rings (SSSR count). The summed E-state index contributed by atoms with van der Waals surface area (Å²) >= 11 is 0.